The Kier molecular flexibility index (Phi) is 9.71. The first-order valence-corrected chi connectivity index (χ1v) is 12.3. The van der Waals surface area contributed by atoms with E-state index in [2.05, 4.69) is 57.2 Å². The van der Waals surface area contributed by atoms with Crippen molar-refractivity contribution in [3.63, 3.8) is 0 Å². The van der Waals surface area contributed by atoms with Gasteiger partial charge in [-0.1, -0.05) is 40.2 Å². The van der Waals surface area contributed by atoms with Crippen LogP contribution >= 0.6 is 15.9 Å². The van der Waals surface area contributed by atoms with E-state index >= 15 is 0 Å². The summed E-state index contributed by atoms with van der Waals surface area (Å²) in [7, 11) is 0. The first kappa shape index (κ1) is 25.5. The maximum absolute atomic E-state index is 11.7. The number of carbonyl (C=O) groups excluding carboxylic acids is 2. The Hall–Kier alpha value is -3.12. The number of esters is 2. The SMILES string of the molecule is CCOC(=O)CCc1ccc(N(c2ccc(Br)cc2)c2ccc(CCC(=O)OCC)cc2)cc1. The number of benzene rings is 3. The van der Waals surface area contributed by atoms with Gasteiger partial charge in [-0.25, -0.2) is 0 Å². The smallest absolute Gasteiger partial charge is 0.306 e. The van der Waals surface area contributed by atoms with E-state index in [-0.39, 0.29) is 11.9 Å². The summed E-state index contributed by atoms with van der Waals surface area (Å²) in [6, 6.07) is 24.6. The fourth-order valence-corrected chi connectivity index (χ4v) is 3.88. The van der Waals surface area contributed by atoms with Crippen LogP contribution in [0.1, 0.15) is 37.8 Å². The second-order valence-corrected chi connectivity index (χ2v) is 8.67. The third-order valence-corrected chi connectivity index (χ3v) is 5.85. The van der Waals surface area contributed by atoms with Gasteiger partial charge in [-0.05, 0) is 86.3 Å². The topological polar surface area (TPSA) is 55.8 Å². The van der Waals surface area contributed by atoms with Gasteiger partial charge in [0.2, 0.25) is 0 Å². The van der Waals surface area contributed by atoms with Crippen molar-refractivity contribution in [2.24, 2.45) is 0 Å². The van der Waals surface area contributed by atoms with E-state index in [0.29, 0.717) is 38.9 Å². The van der Waals surface area contributed by atoms with Crippen LogP contribution in [0.15, 0.2) is 77.3 Å². The van der Waals surface area contributed by atoms with E-state index in [1.807, 2.05) is 50.2 Å². The molecule has 3 aromatic carbocycles. The van der Waals surface area contributed by atoms with E-state index < -0.39 is 0 Å². The highest BCUT2D eigenvalue weighted by atomic mass is 79.9. The lowest BCUT2D eigenvalue weighted by atomic mass is 10.1. The summed E-state index contributed by atoms with van der Waals surface area (Å²) in [5, 5.41) is 0. The van der Waals surface area contributed by atoms with Crippen molar-refractivity contribution in [1.29, 1.82) is 0 Å². The molecule has 3 rings (SSSR count). The van der Waals surface area contributed by atoms with Crippen molar-refractivity contribution in [2.75, 3.05) is 18.1 Å². The van der Waals surface area contributed by atoms with Crippen LogP contribution in [0.25, 0.3) is 0 Å². The Bertz CT molecular complexity index is 998. The van der Waals surface area contributed by atoms with Gasteiger partial charge in [-0.15, -0.1) is 0 Å². The molecule has 178 valence electrons. The molecule has 0 fully saturated rings. The van der Waals surface area contributed by atoms with E-state index in [4.69, 9.17) is 9.47 Å². The molecule has 0 aliphatic rings. The Morgan fingerprint density at radius 2 is 1.00 bits per heavy atom. The monoisotopic (exact) mass is 523 g/mol. The lowest BCUT2D eigenvalue weighted by Gasteiger charge is -2.26. The van der Waals surface area contributed by atoms with Crippen LogP contribution in [-0.4, -0.2) is 25.2 Å². The Morgan fingerprint density at radius 1 is 0.647 bits per heavy atom. The van der Waals surface area contributed by atoms with Crippen LogP contribution < -0.4 is 4.90 Å². The number of ether oxygens (including phenoxy) is 2. The fraction of sp³-hybridized carbons (Fsp3) is 0.286. The van der Waals surface area contributed by atoms with E-state index in [0.717, 1.165) is 32.7 Å². The number of nitrogens with zero attached hydrogens (tertiary/aromatic N) is 1. The molecule has 0 saturated heterocycles. The highest BCUT2D eigenvalue weighted by Gasteiger charge is 2.13. The first-order valence-electron chi connectivity index (χ1n) is 11.5. The number of carbonyl (C=O) groups is 2. The van der Waals surface area contributed by atoms with E-state index in [1.54, 1.807) is 0 Å². The lowest BCUT2D eigenvalue weighted by Crippen LogP contribution is -2.10. The zero-order valence-corrected chi connectivity index (χ0v) is 21.2. The van der Waals surface area contributed by atoms with Crippen LogP contribution in [0.5, 0.6) is 0 Å². The van der Waals surface area contributed by atoms with Gasteiger partial charge in [0.15, 0.2) is 0 Å². The minimum atomic E-state index is -0.175. The Labute approximate surface area is 209 Å². The Balaban J connectivity index is 1.80. The van der Waals surface area contributed by atoms with E-state index in [1.165, 1.54) is 0 Å². The zero-order valence-electron chi connectivity index (χ0n) is 19.6. The molecule has 0 N–H and O–H groups in total. The Morgan fingerprint density at radius 3 is 1.35 bits per heavy atom. The summed E-state index contributed by atoms with van der Waals surface area (Å²) in [5.41, 5.74) is 5.23. The lowest BCUT2D eigenvalue weighted by molar-refractivity contribution is -0.144. The number of halogens is 1. The first-order chi connectivity index (χ1) is 16.5. The fourth-order valence-electron chi connectivity index (χ4n) is 3.62. The van der Waals surface area contributed by atoms with Gasteiger partial charge in [0, 0.05) is 34.4 Å². The highest BCUT2D eigenvalue weighted by Crippen LogP contribution is 2.35. The number of anilines is 3. The largest absolute Gasteiger partial charge is 0.466 e. The van der Waals surface area contributed by atoms with Crippen molar-refractivity contribution in [1.82, 2.24) is 0 Å². The number of rotatable bonds is 11. The molecule has 0 unspecified atom stereocenters. The highest BCUT2D eigenvalue weighted by molar-refractivity contribution is 9.10. The zero-order chi connectivity index (χ0) is 24.3. The second kappa shape index (κ2) is 12.9. The van der Waals surface area contributed by atoms with Gasteiger partial charge in [0.05, 0.1) is 13.2 Å². The molecule has 0 bridgehead atoms. The quantitative estimate of drug-likeness (QED) is 0.255. The number of aryl methyl sites for hydroxylation is 2. The molecule has 6 heteroatoms. The van der Waals surface area contributed by atoms with Crippen molar-refractivity contribution in [3.8, 4) is 0 Å². The molecule has 0 aliphatic carbocycles. The van der Waals surface area contributed by atoms with E-state index in [9.17, 15) is 9.59 Å². The molecule has 0 radical (unpaired) electrons. The predicted octanol–water partition coefficient (Wildman–Crippen LogP) is 6.91. The van der Waals surface area contributed by atoms with Crippen LogP contribution in [0.2, 0.25) is 0 Å². The van der Waals surface area contributed by atoms with Gasteiger partial charge in [0.1, 0.15) is 0 Å². The normalized spacial score (nSPS) is 10.6. The minimum Gasteiger partial charge on any atom is -0.466 e. The maximum Gasteiger partial charge on any atom is 0.306 e. The summed E-state index contributed by atoms with van der Waals surface area (Å²) in [5.74, 6) is -0.350. The second-order valence-electron chi connectivity index (χ2n) is 7.75. The van der Waals surface area contributed by atoms with Crippen LogP contribution in [-0.2, 0) is 31.9 Å². The summed E-state index contributed by atoms with van der Waals surface area (Å²) in [4.78, 5) is 25.5. The van der Waals surface area contributed by atoms with Gasteiger partial charge in [0.25, 0.3) is 0 Å². The number of hydrogen-bond acceptors (Lipinski definition) is 5. The van der Waals surface area contributed by atoms with Gasteiger partial charge in [-0.3, -0.25) is 9.59 Å². The molecule has 0 aliphatic heterocycles. The summed E-state index contributed by atoms with van der Waals surface area (Å²) in [6.45, 7) is 4.44. The molecule has 3 aromatic rings. The predicted molar refractivity (Wildman–Crippen MR) is 139 cm³/mol. The van der Waals surface area contributed by atoms with Crippen molar-refractivity contribution in [3.05, 3.63) is 88.4 Å². The summed E-state index contributed by atoms with van der Waals surface area (Å²) < 4.78 is 11.1. The van der Waals surface area contributed by atoms with Gasteiger partial charge < -0.3 is 14.4 Å². The molecular formula is C28H30BrNO4. The molecule has 0 atom stereocenters. The van der Waals surface area contributed by atoms with Crippen molar-refractivity contribution < 1.29 is 19.1 Å². The van der Waals surface area contributed by atoms with Gasteiger partial charge >= 0.3 is 11.9 Å². The molecular weight excluding hydrogens is 494 g/mol. The third-order valence-electron chi connectivity index (χ3n) is 5.32. The molecule has 0 amide bonds. The molecule has 34 heavy (non-hydrogen) atoms. The molecule has 0 saturated carbocycles. The molecule has 0 spiro atoms. The van der Waals surface area contributed by atoms with Crippen molar-refractivity contribution >= 4 is 44.9 Å². The van der Waals surface area contributed by atoms with Crippen LogP contribution in [0.4, 0.5) is 17.1 Å². The molecule has 5 nitrogen and oxygen atoms in total. The van der Waals surface area contributed by atoms with Gasteiger partial charge in [-0.2, -0.15) is 0 Å². The van der Waals surface area contributed by atoms with Crippen molar-refractivity contribution in [2.45, 2.75) is 39.5 Å². The molecule has 0 aromatic heterocycles. The third kappa shape index (κ3) is 7.45. The average Bonchev–Trinajstić information content (AvgIpc) is 2.85. The average molecular weight is 524 g/mol. The summed E-state index contributed by atoms with van der Waals surface area (Å²) in [6.07, 6.45) is 2.03. The standard InChI is InChI=1S/C28H30BrNO4/c1-3-33-27(31)19-9-21-5-13-24(14-6-21)30(26-17-11-23(29)12-18-26)25-15-7-22(8-16-25)10-20-28(32)34-4-2/h5-8,11-18H,3-4,9-10,19-20H2,1-2H3. The number of hydrogen-bond donors (Lipinski definition) is 0. The minimum absolute atomic E-state index is 0.175. The van der Waals surface area contributed by atoms with Crippen LogP contribution in [0.3, 0.4) is 0 Å². The van der Waals surface area contributed by atoms with Crippen LogP contribution in [0, 0.1) is 0 Å². The maximum atomic E-state index is 11.7. The molecule has 0 heterocycles. The summed E-state index contributed by atoms with van der Waals surface area (Å²) >= 11 is 3.51.